The number of hydrogen-bond acceptors (Lipinski definition) is 3. The maximum atomic E-state index is 4.82. The van der Waals surface area contributed by atoms with Crippen LogP contribution in [0.3, 0.4) is 0 Å². The van der Waals surface area contributed by atoms with Gasteiger partial charge in [-0.25, -0.2) is 4.99 Å². The van der Waals surface area contributed by atoms with Crippen LogP contribution in [0.1, 0.15) is 44.7 Å². The molecule has 0 unspecified atom stereocenters. The van der Waals surface area contributed by atoms with Gasteiger partial charge in [-0.05, 0) is 58.8 Å². The van der Waals surface area contributed by atoms with Gasteiger partial charge in [0.2, 0.25) is 0 Å². The first-order valence-electron chi connectivity index (χ1n) is 9.99. The third kappa shape index (κ3) is 6.96. The number of benzene rings is 1. The molecule has 0 saturated carbocycles. The van der Waals surface area contributed by atoms with E-state index in [-0.39, 0.29) is 0 Å². The van der Waals surface area contributed by atoms with Crippen LogP contribution < -0.4 is 10.6 Å². The van der Waals surface area contributed by atoms with Gasteiger partial charge in [-0.1, -0.05) is 24.3 Å². The van der Waals surface area contributed by atoms with Gasteiger partial charge >= 0.3 is 0 Å². The van der Waals surface area contributed by atoms with Gasteiger partial charge in [-0.2, -0.15) is 0 Å². The minimum absolute atomic E-state index is 0.517. The molecule has 1 aromatic carbocycles. The molecular weight excluding hydrogens is 322 g/mol. The maximum Gasteiger partial charge on any atom is 0.191 e. The fourth-order valence-electron chi connectivity index (χ4n) is 3.44. The predicted molar refractivity (Wildman–Crippen MR) is 112 cm³/mol. The first-order valence-corrected chi connectivity index (χ1v) is 9.99. The first kappa shape index (κ1) is 20.7. The number of piperidine rings is 1. The fraction of sp³-hybridized carbons (Fsp3) is 0.667. The lowest BCUT2D eigenvalue weighted by Gasteiger charge is -2.35. The lowest BCUT2D eigenvalue weighted by Crippen LogP contribution is -2.49. The van der Waals surface area contributed by atoms with Crippen LogP contribution in [-0.4, -0.2) is 61.6 Å². The molecule has 5 nitrogen and oxygen atoms in total. The van der Waals surface area contributed by atoms with E-state index in [2.05, 4.69) is 79.6 Å². The Morgan fingerprint density at radius 2 is 1.92 bits per heavy atom. The van der Waals surface area contributed by atoms with E-state index in [9.17, 15) is 0 Å². The summed E-state index contributed by atoms with van der Waals surface area (Å²) in [5, 5.41) is 7.04. The normalized spacial score (nSPS) is 17.1. The average molecular weight is 360 g/mol. The molecule has 0 amide bonds. The largest absolute Gasteiger partial charge is 0.357 e. The van der Waals surface area contributed by atoms with Crippen molar-refractivity contribution >= 4 is 5.96 Å². The summed E-state index contributed by atoms with van der Waals surface area (Å²) in [6.07, 6.45) is 2.36. The first-order chi connectivity index (χ1) is 12.5. The summed E-state index contributed by atoms with van der Waals surface area (Å²) < 4.78 is 0. The van der Waals surface area contributed by atoms with E-state index in [1.807, 2.05) is 0 Å². The molecule has 0 aliphatic carbocycles. The van der Waals surface area contributed by atoms with E-state index in [1.165, 1.54) is 37.1 Å². The molecule has 0 bridgehead atoms. The van der Waals surface area contributed by atoms with Crippen LogP contribution in [0, 0.1) is 0 Å². The number of nitrogens with one attached hydrogen (secondary N) is 2. The summed E-state index contributed by atoms with van der Waals surface area (Å²) in [4.78, 5) is 9.57. The van der Waals surface area contributed by atoms with E-state index >= 15 is 0 Å². The molecule has 26 heavy (non-hydrogen) atoms. The second-order valence-corrected chi connectivity index (χ2v) is 7.80. The van der Waals surface area contributed by atoms with Gasteiger partial charge in [0.05, 0.1) is 6.54 Å². The van der Waals surface area contributed by atoms with Crippen molar-refractivity contribution in [1.29, 1.82) is 0 Å². The van der Waals surface area contributed by atoms with Gasteiger partial charge in [-0.15, -0.1) is 0 Å². The highest BCUT2D eigenvalue weighted by Gasteiger charge is 2.21. The molecule has 2 N–H and O–H groups in total. The van der Waals surface area contributed by atoms with Crippen molar-refractivity contribution in [3.8, 4) is 0 Å². The monoisotopic (exact) mass is 359 g/mol. The Balaban J connectivity index is 1.92. The lowest BCUT2D eigenvalue weighted by molar-refractivity contribution is 0.167. The summed E-state index contributed by atoms with van der Waals surface area (Å²) in [5.74, 6) is 0.938. The van der Waals surface area contributed by atoms with Gasteiger partial charge in [0.1, 0.15) is 0 Å². The molecule has 5 heteroatoms. The zero-order chi connectivity index (χ0) is 18.9. The van der Waals surface area contributed by atoms with Gasteiger partial charge in [0, 0.05) is 38.3 Å². The van der Waals surface area contributed by atoms with E-state index in [0.29, 0.717) is 18.6 Å². The van der Waals surface area contributed by atoms with Crippen molar-refractivity contribution in [2.75, 3.05) is 33.7 Å². The van der Waals surface area contributed by atoms with Gasteiger partial charge in [0.25, 0.3) is 0 Å². The van der Waals surface area contributed by atoms with Crippen molar-refractivity contribution < 1.29 is 0 Å². The molecule has 1 aromatic rings. The van der Waals surface area contributed by atoms with Gasteiger partial charge < -0.3 is 20.4 Å². The molecule has 1 saturated heterocycles. The number of nitrogens with zero attached hydrogens (tertiary/aromatic N) is 3. The fourth-order valence-corrected chi connectivity index (χ4v) is 3.44. The molecule has 0 spiro atoms. The predicted octanol–water partition coefficient (Wildman–Crippen LogP) is 2.68. The van der Waals surface area contributed by atoms with Crippen LogP contribution in [-0.2, 0) is 13.1 Å². The molecule has 2 rings (SSSR count). The third-order valence-corrected chi connectivity index (χ3v) is 4.85. The Kier molecular flexibility index (Phi) is 8.39. The second-order valence-electron chi connectivity index (χ2n) is 7.80. The molecule has 1 aliphatic rings. The van der Waals surface area contributed by atoms with Crippen molar-refractivity contribution in [3.05, 3.63) is 35.4 Å². The van der Waals surface area contributed by atoms with Crippen LogP contribution in [0.5, 0.6) is 0 Å². The van der Waals surface area contributed by atoms with E-state index in [1.54, 1.807) is 0 Å². The molecule has 0 radical (unpaired) electrons. The SMILES string of the molecule is CCNC(=NCc1cccc(CN(C)C)c1)NC1CCN(C(C)C)CC1. The third-order valence-electron chi connectivity index (χ3n) is 4.85. The zero-order valence-corrected chi connectivity index (χ0v) is 17.3. The minimum Gasteiger partial charge on any atom is -0.357 e. The van der Waals surface area contributed by atoms with Crippen LogP contribution in [0.2, 0.25) is 0 Å². The molecule has 146 valence electrons. The number of rotatable bonds is 7. The molecular formula is C21H37N5. The topological polar surface area (TPSA) is 42.9 Å². The molecule has 0 atom stereocenters. The zero-order valence-electron chi connectivity index (χ0n) is 17.3. The average Bonchev–Trinajstić information content (AvgIpc) is 2.60. The van der Waals surface area contributed by atoms with E-state index < -0.39 is 0 Å². The standard InChI is InChI=1S/C21H37N5/c1-6-22-21(24-20-10-12-26(13-11-20)17(2)3)23-15-18-8-7-9-19(14-18)16-25(4)5/h7-9,14,17,20H,6,10-13,15-16H2,1-5H3,(H2,22,23,24). The summed E-state index contributed by atoms with van der Waals surface area (Å²) in [6.45, 7) is 11.6. The van der Waals surface area contributed by atoms with Crippen molar-refractivity contribution in [1.82, 2.24) is 20.4 Å². The number of aliphatic imine (C=N–C) groups is 1. The van der Waals surface area contributed by atoms with Crippen LogP contribution in [0.15, 0.2) is 29.3 Å². The molecule has 0 aromatic heterocycles. The van der Waals surface area contributed by atoms with Crippen LogP contribution in [0.25, 0.3) is 0 Å². The van der Waals surface area contributed by atoms with Crippen molar-refractivity contribution in [2.24, 2.45) is 4.99 Å². The summed E-state index contributed by atoms with van der Waals surface area (Å²) >= 11 is 0. The van der Waals surface area contributed by atoms with Crippen LogP contribution in [0.4, 0.5) is 0 Å². The molecule has 1 aliphatic heterocycles. The Morgan fingerprint density at radius 3 is 2.54 bits per heavy atom. The highest BCUT2D eigenvalue weighted by Crippen LogP contribution is 2.13. The number of hydrogen-bond donors (Lipinski definition) is 2. The summed E-state index contributed by atoms with van der Waals surface area (Å²) in [7, 11) is 4.20. The quantitative estimate of drug-likeness (QED) is 0.580. The second kappa shape index (κ2) is 10.5. The highest BCUT2D eigenvalue weighted by atomic mass is 15.2. The lowest BCUT2D eigenvalue weighted by atomic mass is 10.0. The minimum atomic E-state index is 0.517. The Hall–Kier alpha value is -1.59. The summed E-state index contributed by atoms with van der Waals surface area (Å²) in [5.41, 5.74) is 2.60. The molecule has 1 fully saturated rings. The van der Waals surface area contributed by atoms with Crippen molar-refractivity contribution in [2.45, 2.75) is 58.8 Å². The number of guanidine groups is 1. The highest BCUT2D eigenvalue weighted by molar-refractivity contribution is 5.80. The Bertz CT molecular complexity index is 559. The maximum absolute atomic E-state index is 4.82. The van der Waals surface area contributed by atoms with Crippen molar-refractivity contribution in [3.63, 3.8) is 0 Å². The number of likely N-dealkylation sites (tertiary alicyclic amines) is 1. The van der Waals surface area contributed by atoms with Crippen LogP contribution >= 0.6 is 0 Å². The molecule has 1 heterocycles. The van der Waals surface area contributed by atoms with Gasteiger partial charge in [0.15, 0.2) is 5.96 Å². The van der Waals surface area contributed by atoms with E-state index in [0.717, 1.165) is 19.0 Å². The Labute approximate surface area is 159 Å². The summed E-state index contributed by atoms with van der Waals surface area (Å²) in [6, 6.07) is 9.89. The Morgan fingerprint density at radius 1 is 1.23 bits per heavy atom. The van der Waals surface area contributed by atoms with E-state index in [4.69, 9.17) is 4.99 Å². The smallest absolute Gasteiger partial charge is 0.191 e. The van der Waals surface area contributed by atoms with Gasteiger partial charge in [-0.3, -0.25) is 0 Å².